The van der Waals surface area contributed by atoms with Crippen LogP contribution in [0.5, 0.6) is 0 Å². The first-order valence-corrected chi connectivity index (χ1v) is 11.3. The summed E-state index contributed by atoms with van der Waals surface area (Å²) in [4.78, 5) is 52.1. The van der Waals surface area contributed by atoms with Crippen LogP contribution in [0.1, 0.15) is 57.4 Å². The van der Waals surface area contributed by atoms with Gasteiger partial charge in [0, 0.05) is 0 Å². The van der Waals surface area contributed by atoms with Crippen LogP contribution < -0.4 is 10.6 Å². The Balaban J connectivity index is 3.47. The first kappa shape index (κ1) is 29.4. The van der Waals surface area contributed by atoms with E-state index < -0.39 is 54.7 Å². The number of nitrogens with one attached hydrogen (secondary N) is 2. The van der Waals surface area contributed by atoms with E-state index in [0.717, 1.165) is 16.0 Å². The predicted octanol–water partition coefficient (Wildman–Crippen LogP) is 2.54. The number of hydrogen-bond donors (Lipinski definition) is 2. The first-order chi connectivity index (χ1) is 16.2. The number of carbonyl (C=O) groups is 4. The molecule has 0 spiro atoms. The zero-order valence-electron chi connectivity index (χ0n) is 21.7. The number of alkyl carbamates (subject to hydrolysis) is 1. The van der Waals surface area contributed by atoms with Gasteiger partial charge in [-0.15, -0.1) is 0 Å². The molecule has 0 fully saturated rings. The third-order valence-corrected chi connectivity index (χ3v) is 4.88. The Hall–Kier alpha value is -3.61. The summed E-state index contributed by atoms with van der Waals surface area (Å²) in [5.74, 6) is -2.34. The summed E-state index contributed by atoms with van der Waals surface area (Å²) in [7, 11) is 1.19. The predicted molar refractivity (Wildman–Crippen MR) is 129 cm³/mol. The number of methoxy groups -OCH3 is 1. The molecule has 3 amide bonds. The molecule has 0 saturated carbocycles. The van der Waals surface area contributed by atoms with Gasteiger partial charge >= 0.3 is 12.1 Å². The second-order valence-corrected chi connectivity index (χ2v) is 9.61. The quantitative estimate of drug-likeness (QED) is 0.402. The molecule has 10 heteroatoms. The highest BCUT2D eigenvalue weighted by Crippen LogP contribution is 2.25. The molecule has 0 aliphatic rings. The molecule has 0 saturated heterocycles. The molecule has 1 aromatic carbocycles. The van der Waals surface area contributed by atoms with Crippen molar-refractivity contribution >= 4 is 23.9 Å². The van der Waals surface area contributed by atoms with Gasteiger partial charge < -0.3 is 25.0 Å². The zero-order chi connectivity index (χ0) is 26.9. The summed E-state index contributed by atoms with van der Waals surface area (Å²) in [6, 6.07) is 5.01. The van der Waals surface area contributed by atoms with Gasteiger partial charge in [0.15, 0.2) is 0 Å². The first-order valence-electron chi connectivity index (χ1n) is 11.3. The van der Waals surface area contributed by atoms with Gasteiger partial charge in [-0.25, -0.2) is 4.79 Å². The largest absolute Gasteiger partial charge is 0.468 e. The fourth-order valence-electron chi connectivity index (χ4n) is 3.47. The molecule has 2 unspecified atom stereocenters. The molecule has 2 N–H and O–H groups in total. The van der Waals surface area contributed by atoms with Crippen LogP contribution in [0, 0.1) is 31.1 Å². The average molecular weight is 489 g/mol. The maximum absolute atomic E-state index is 13.7. The van der Waals surface area contributed by atoms with Crippen molar-refractivity contribution in [3.05, 3.63) is 34.9 Å². The minimum absolute atomic E-state index is 0.380. The lowest BCUT2D eigenvalue weighted by molar-refractivity contribution is -0.144. The third kappa shape index (κ3) is 9.27. The van der Waals surface area contributed by atoms with Crippen LogP contribution in [-0.2, 0) is 23.9 Å². The number of amides is 3. The summed E-state index contributed by atoms with van der Waals surface area (Å²) in [5.41, 5.74) is 1.38. The number of rotatable bonds is 9. The van der Waals surface area contributed by atoms with E-state index >= 15 is 0 Å². The fourth-order valence-corrected chi connectivity index (χ4v) is 3.47. The Morgan fingerprint density at radius 3 is 2.11 bits per heavy atom. The van der Waals surface area contributed by atoms with Crippen molar-refractivity contribution in [2.24, 2.45) is 5.92 Å². The molecule has 0 aliphatic heterocycles. The minimum Gasteiger partial charge on any atom is -0.468 e. The molecule has 35 heavy (non-hydrogen) atoms. The Labute approximate surface area is 206 Å². The van der Waals surface area contributed by atoms with Crippen molar-refractivity contribution in [3.8, 4) is 6.07 Å². The van der Waals surface area contributed by atoms with Gasteiger partial charge in [0.05, 0.1) is 13.2 Å². The van der Waals surface area contributed by atoms with E-state index in [9.17, 15) is 24.4 Å². The van der Waals surface area contributed by atoms with E-state index in [-0.39, 0.29) is 5.92 Å². The Kier molecular flexibility index (Phi) is 10.7. The third-order valence-electron chi connectivity index (χ3n) is 4.88. The van der Waals surface area contributed by atoms with Gasteiger partial charge in [0.2, 0.25) is 11.8 Å². The highest BCUT2D eigenvalue weighted by atomic mass is 16.6. The second kappa shape index (κ2) is 12.7. The van der Waals surface area contributed by atoms with Crippen LogP contribution in [-0.4, -0.2) is 60.6 Å². The lowest BCUT2D eigenvalue weighted by Gasteiger charge is -2.34. The highest BCUT2D eigenvalue weighted by Gasteiger charge is 2.37. The number of nitrogens with zero attached hydrogens (tertiary/aromatic N) is 2. The molecule has 2 atom stereocenters. The number of esters is 1. The fraction of sp³-hybridized carbons (Fsp3) is 0.560. The van der Waals surface area contributed by atoms with Gasteiger partial charge in [-0.1, -0.05) is 43.2 Å². The monoisotopic (exact) mass is 488 g/mol. The van der Waals surface area contributed by atoms with Crippen molar-refractivity contribution in [1.29, 1.82) is 5.26 Å². The number of aryl methyl sites for hydroxylation is 2. The van der Waals surface area contributed by atoms with E-state index in [4.69, 9.17) is 4.74 Å². The second-order valence-electron chi connectivity index (χ2n) is 9.61. The van der Waals surface area contributed by atoms with E-state index in [1.165, 1.54) is 7.11 Å². The molecule has 0 heterocycles. The van der Waals surface area contributed by atoms with E-state index in [1.807, 2.05) is 26.0 Å². The lowest BCUT2D eigenvalue weighted by atomic mass is 9.96. The maximum atomic E-state index is 13.7. The number of ether oxygens (including phenoxy) is 2. The van der Waals surface area contributed by atoms with Crippen molar-refractivity contribution in [3.63, 3.8) is 0 Å². The number of carbonyl (C=O) groups excluding carboxylic acids is 4. The van der Waals surface area contributed by atoms with E-state index in [0.29, 0.717) is 5.56 Å². The molecule has 0 aromatic heterocycles. The summed E-state index contributed by atoms with van der Waals surface area (Å²) in [5, 5.41) is 14.6. The van der Waals surface area contributed by atoms with Crippen molar-refractivity contribution in [2.75, 3.05) is 20.2 Å². The molecule has 192 valence electrons. The van der Waals surface area contributed by atoms with Gasteiger partial charge in [-0.2, -0.15) is 5.26 Å². The Morgan fingerprint density at radius 1 is 1.09 bits per heavy atom. The average Bonchev–Trinajstić information content (AvgIpc) is 2.72. The molecule has 1 aromatic rings. The number of nitriles is 1. The topological polar surface area (TPSA) is 138 Å². The van der Waals surface area contributed by atoms with Gasteiger partial charge in [-0.3, -0.25) is 14.4 Å². The van der Waals surface area contributed by atoms with Crippen LogP contribution in [0.25, 0.3) is 0 Å². The standard InChI is InChI=1S/C25H36N4O6/c1-15(2)20(28-24(33)35-25(5,6)7)23(32)29(10-9-26)21(22(31)27-14-19(30)34-8)18-12-16(3)11-17(4)13-18/h11-13,15,20-21H,10,14H2,1-8H3,(H,27,31)(H,28,33). The maximum Gasteiger partial charge on any atom is 0.408 e. The number of hydrogen-bond acceptors (Lipinski definition) is 7. The molecular formula is C25H36N4O6. The Bertz CT molecular complexity index is 957. The van der Waals surface area contributed by atoms with Gasteiger partial charge in [-0.05, 0) is 46.1 Å². The molecular weight excluding hydrogens is 452 g/mol. The van der Waals surface area contributed by atoms with Crippen LogP contribution in [0.15, 0.2) is 18.2 Å². The van der Waals surface area contributed by atoms with Crippen LogP contribution in [0.4, 0.5) is 4.79 Å². The van der Waals surface area contributed by atoms with Crippen molar-refractivity contribution in [2.45, 2.75) is 66.2 Å². The van der Waals surface area contributed by atoms with Crippen LogP contribution >= 0.6 is 0 Å². The normalized spacial score (nSPS) is 12.7. The lowest BCUT2D eigenvalue weighted by Crippen LogP contribution is -2.55. The van der Waals surface area contributed by atoms with Crippen LogP contribution in [0.3, 0.4) is 0 Å². The minimum atomic E-state index is -1.23. The molecule has 1 rings (SSSR count). The smallest absolute Gasteiger partial charge is 0.408 e. The van der Waals surface area contributed by atoms with Crippen molar-refractivity contribution in [1.82, 2.24) is 15.5 Å². The molecule has 10 nitrogen and oxygen atoms in total. The summed E-state index contributed by atoms with van der Waals surface area (Å²) in [6.45, 7) is 11.4. The zero-order valence-corrected chi connectivity index (χ0v) is 21.7. The van der Waals surface area contributed by atoms with Crippen molar-refractivity contribution < 1.29 is 28.7 Å². The van der Waals surface area contributed by atoms with Gasteiger partial charge in [0.1, 0.15) is 30.8 Å². The Morgan fingerprint density at radius 2 is 1.66 bits per heavy atom. The summed E-state index contributed by atoms with van der Waals surface area (Å²) in [6.07, 6.45) is -0.792. The van der Waals surface area contributed by atoms with E-state index in [2.05, 4.69) is 15.4 Å². The highest BCUT2D eigenvalue weighted by molar-refractivity contribution is 5.93. The van der Waals surface area contributed by atoms with Gasteiger partial charge in [0.25, 0.3) is 0 Å². The summed E-state index contributed by atoms with van der Waals surface area (Å²) < 4.78 is 9.88. The molecule has 0 radical (unpaired) electrons. The van der Waals surface area contributed by atoms with Crippen LogP contribution in [0.2, 0.25) is 0 Å². The van der Waals surface area contributed by atoms with E-state index in [1.54, 1.807) is 46.8 Å². The molecule has 0 aliphatic carbocycles. The SMILES string of the molecule is COC(=O)CNC(=O)C(c1cc(C)cc(C)c1)N(CC#N)C(=O)C(NC(=O)OC(C)(C)C)C(C)C. The molecule has 0 bridgehead atoms. The number of benzene rings is 1. The summed E-state index contributed by atoms with van der Waals surface area (Å²) >= 11 is 0.